The van der Waals surface area contributed by atoms with E-state index in [1.54, 1.807) is 24.5 Å². The first-order chi connectivity index (χ1) is 16.6. The second kappa shape index (κ2) is 9.80. The molecule has 1 fully saturated rings. The molecule has 4 aromatic rings. The molecule has 0 saturated carbocycles. The van der Waals surface area contributed by atoms with Gasteiger partial charge in [-0.3, -0.25) is 0 Å². The van der Waals surface area contributed by atoms with E-state index in [2.05, 4.69) is 65.0 Å². The lowest BCUT2D eigenvalue weighted by molar-refractivity contribution is 0.686. The minimum atomic E-state index is 0.501. The van der Waals surface area contributed by atoms with Gasteiger partial charge in [0.25, 0.3) is 0 Å². The maximum absolute atomic E-state index is 4.58. The lowest BCUT2D eigenvalue weighted by Crippen LogP contribution is -2.33. The quantitative estimate of drug-likeness (QED) is 0.384. The summed E-state index contributed by atoms with van der Waals surface area (Å²) in [5.41, 5.74) is 3.76. The number of anilines is 5. The average molecular weight is 454 g/mol. The molecule has 9 heteroatoms. The van der Waals surface area contributed by atoms with Gasteiger partial charge in [-0.15, -0.1) is 0 Å². The Labute approximate surface area is 198 Å². The molecule has 1 atom stereocenters. The third-order valence-corrected chi connectivity index (χ3v) is 5.80. The fraction of sp³-hybridized carbons (Fsp3) is 0.240. The minimum absolute atomic E-state index is 0.501. The Morgan fingerprint density at radius 1 is 0.882 bits per heavy atom. The lowest BCUT2D eigenvalue weighted by atomic mass is 10.2. The molecule has 0 unspecified atom stereocenters. The average Bonchev–Trinajstić information content (AvgIpc) is 3.40. The van der Waals surface area contributed by atoms with E-state index < -0.39 is 0 Å². The molecule has 1 saturated heterocycles. The van der Waals surface area contributed by atoms with Crippen LogP contribution < -0.4 is 20.9 Å². The number of hydrogen-bond acceptors (Lipinski definition) is 9. The van der Waals surface area contributed by atoms with Crippen LogP contribution in [0.2, 0.25) is 0 Å². The number of benzene rings is 1. The van der Waals surface area contributed by atoms with Crippen molar-refractivity contribution >= 4 is 29.0 Å². The van der Waals surface area contributed by atoms with Crippen molar-refractivity contribution in [3.63, 3.8) is 0 Å². The Morgan fingerprint density at radius 3 is 2.44 bits per heavy atom. The molecule has 4 heterocycles. The molecule has 0 spiro atoms. The maximum atomic E-state index is 4.58. The Morgan fingerprint density at radius 2 is 1.68 bits per heavy atom. The van der Waals surface area contributed by atoms with Gasteiger partial charge in [0.15, 0.2) is 5.82 Å². The first-order valence-electron chi connectivity index (χ1n) is 11.3. The van der Waals surface area contributed by atoms with Gasteiger partial charge in [0.05, 0.1) is 0 Å². The van der Waals surface area contributed by atoms with Crippen molar-refractivity contribution in [2.24, 2.45) is 0 Å². The monoisotopic (exact) mass is 453 g/mol. The van der Waals surface area contributed by atoms with Gasteiger partial charge in [-0.1, -0.05) is 6.07 Å². The largest absolute Gasteiger partial charge is 0.370 e. The number of aromatic nitrogens is 5. The molecule has 0 bridgehead atoms. The summed E-state index contributed by atoms with van der Waals surface area (Å²) in [6, 6.07) is 18.2. The molecular weight excluding hydrogens is 426 g/mol. The number of pyridine rings is 1. The zero-order chi connectivity index (χ0) is 23.3. The van der Waals surface area contributed by atoms with Crippen LogP contribution in [-0.4, -0.2) is 51.1 Å². The topological polar surface area (TPSA) is 104 Å². The summed E-state index contributed by atoms with van der Waals surface area (Å²) in [6.07, 6.45) is 4.58. The number of hydrogen-bond donors (Lipinski definition) is 3. The minimum Gasteiger partial charge on any atom is -0.370 e. The predicted molar refractivity (Wildman–Crippen MR) is 135 cm³/mol. The van der Waals surface area contributed by atoms with E-state index in [4.69, 9.17) is 0 Å². The Kier molecular flexibility index (Phi) is 6.26. The normalized spacial score (nSPS) is 15.2. The van der Waals surface area contributed by atoms with E-state index in [0.717, 1.165) is 30.2 Å². The Bertz CT molecular complexity index is 1250. The highest BCUT2D eigenvalue weighted by atomic mass is 15.2. The van der Waals surface area contributed by atoms with Crippen LogP contribution in [0.1, 0.15) is 12.1 Å². The van der Waals surface area contributed by atoms with Crippen molar-refractivity contribution in [1.82, 2.24) is 30.2 Å². The standard InChI is InChI=1S/C25H27N9/c1-17-4-3-5-21(29-17)24-27-14-11-22(32-24)31-23-12-15-28-25(33-23)30-18-6-8-19(9-7-18)34(2)20-10-13-26-16-20/h3-9,11-12,14-15,20,26H,10,13,16H2,1-2H3,(H2,27,28,30,31,32,33)/t20-/m0/s1. The molecule has 9 nitrogen and oxygen atoms in total. The highest BCUT2D eigenvalue weighted by Gasteiger charge is 2.19. The number of aryl methyl sites for hydroxylation is 1. The molecule has 0 aliphatic carbocycles. The molecule has 3 aromatic heterocycles. The first kappa shape index (κ1) is 21.7. The van der Waals surface area contributed by atoms with Crippen LogP contribution in [0.3, 0.4) is 0 Å². The van der Waals surface area contributed by atoms with Crippen molar-refractivity contribution < 1.29 is 0 Å². The number of likely N-dealkylation sites (N-methyl/N-ethyl adjacent to an activating group) is 1. The molecule has 1 aliphatic heterocycles. The molecule has 5 rings (SSSR count). The Hall–Kier alpha value is -4.11. The Balaban J connectivity index is 1.26. The van der Waals surface area contributed by atoms with Gasteiger partial charge in [-0.05, 0) is 68.4 Å². The predicted octanol–water partition coefficient (Wildman–Crippen LogP) is 3.92. The fourth-order valence-corrected chi connectivity index (χ4v) is 3.93. The first-order valence-corrected chi connectivity index (χ1v) is 11.3. The summed E-state index contributed by atoms with van der Waals surface area (Å²) in [6.45, 7) is 4.05. The highest BCUT2D eigenvalue weighted by molar-refractivity contribution is 5.61. The fourth-order valence-electron chi connectivity index (χ4n) is 3.93. The van der Waals surface area contributed by atoms with Crippen LogP contribution in [0, 0.1) is 6.92 Å². The summed E-state index contributed by atoms with van der Waals surface area (Å²) in [5.74, 6) is 2.32. The molecule has 172 valence electrons. The molecule has 34 heavy (non-hydrogen) atoms. The van der Waals surface area contributed by atoms with E-state index in [0.29, 0.717) is 29.5 Å². The van der Waals surface area contributed by atoms with Gasteiger partial charge in [-0.25, -0.2) is 19.9 Å². The van der Waals surface area contributed by atoms with Crippen molar-refractivity contribution in [2.45, 2.75) is 19.4 Å². The molecular formula is C25H27N9. The number of nitrogens with one attached hydrogen (secondary N) is 3. The van der Waals surface area contributed by atoms with Crippen molar-refractivity contribution in [3.05, 3.63) is 72.7 Å². The second-order valence-electron chi connectivity index (χ2n) is 8.25. The van der Waals surface area contributed by atoms with E-state index in [1.807, 2.05) is 37.3 Å². The van der Waals surface area contributed by atoms with Gasteiger partial charge in [-0.2, -0.15) is 4.98 Å². The third-order valence-electron chi connectivity index (χ3n) is 5.80. The summed E-state index contributed by atoms with van der Waals surface area (Å²) < 4.78 is 0. The summed E-state index contributed by atoms with van der Waals surface area (Å²) >= 11 is 0. The zero-order valence-corrected chi connectivity index (χ0v) is 19.2. The van der Waals surface area contributed by atoms with Crippen LogP contribution in [0.15, 0.2) is 67.0 Å². The number of rotatable bonds is 7. The molecule has 1 aromatic carbocycles. The van der Waals surface area contributed by atoms with Crippen molar-refractivity contribution in [2.75, 3.05) is 35.7 Å². The van der Waals surface area contributed by atoms with Crippen LogP contribution in [0.25, 0.3) is 11.5 Å². The summed E-state index contributed by atoms with van der Waals surface area (Å²) in [7, 11) is 2.14. The van der Waals surface area contributed by atoms with E-state index in [1.165, 1.54) is 12.1 Å². The van der Waals surface area contributed by atoms with Gasteiger partial charge < -0.3 is 20.9 Å². The van der Waals surface area contributed by atoms with Crippen molar-refractivity contribution in [3.8, 4) is 11.5 Å². The molecule has 3 N–H and O–H groups in total. The van der Waals surface area contributed by atoms with Gasteiger partial charge in [0.2, 0.25) is 5.95 Å². The van der Waals surface area contributed by atoms with Crippen molar-refractivity contribution in [1.29, 1.82) is 0 Å². The number of nitrogens with zero attached hydrogens (tertiary/aromatic N) is 6. The van der Waals surface area contributed by atoms with Gasteiger partial charge in [0.1, 0.15) is 17.3 Å². The summed E-state index contributed by atoms with van der Waals surface area (Å²) in [5, 5.41) is 9.92. The zero-order valence-electron chi connectivity index (χ0n) is 19.2. The molecule has 0 radical (unpaired) electrons. The van der Waals surface area contributed by atoms with Crippen LogP contribution in [-0.2, 0) is 0 Å². The maximum Gasteiger partial charge on any atom is 0.229 e. The SMILES string of the molecule is Cc1cccc(-c2nccc(Nc3ccnc(Nc4ccc(N(C)[C@H]5CCNC5)cc4)n3)n2)n1. The van der Waals surface area contributed by atoms with Gasteiger partial charge >= 0.3 is 0 Å². The molecule has 0 amide bonds. The van der Waals surface area contributed by atoms with E-state index in [9.17, 15) is 0 Å². The lowest BCUT2D eigenvalue weighted by Gasteiger charge is -2.26. The second-order valence-corrected chi connectivity index (χ2v) is 8.25. The smallest absolute Gasteiger partial charge is 0.229 e. The highest BCUT2D eigenvalue weighted by Crippen LogP contribution is 2.23. The molecule has 1 aliphatic rings. The van der Waals surface area contributed by atoms with Crippen LogP contribution in [0.5, 0.6) is 0 Å². The van der Waals surface area contributed by atoms with E-state index >= 15 is 0 Å². The van der Waals surface area contributed by atoms with Crippen LogP contribution >= 0.6 is 0 Å². The van der Waals surface area contributed by atoms with E-state index in [-0.39, 0.29) is 0 Å². The third kappa shape index (κ3) is 5.10. The van der Waals surface area contributed by atoms with Gasteiger partial charge in [0, 0.05) is 49.1 Å². The summed E-state index contributed by atoms with van der Waals surface area (Å²) in [4.78, 5) is 24.7. The van der Waals surface area contributed by atoms with Crippen LogP contribution in [0.4, 0.5) is 29.0 Å².